The first-order valence-corrected chi connectivity index (χ1v) is 7.24. The molecule has 0 N–H and O–H groups in total. The average Bonchev–Trinajstić information content (AvgIpc) is 2.49. The molecule has 0 saturated carbocycles. The van der Waals surface area contributed by atoms with E-state index < -0.39 is 0 Å². The Morgan fingerprint density at radius 1 is 1.32 bits per heavy atom. The van der Waals surface area contributed by atoms with Gasteiger partial charge in [-0.25, -0.2) is 14.5 Å². The molecule has 0 aliphatic rings. The van der Waals surface area contributed by atoms with Crippen molar-refractivity contribution in [1.82, 2.24) is 14.5 Å². The van der Waals surface area contributed by atoms with E-state index in [1.54, 1.807) is 30.5 Å². The van der Waals surface area contributed by atoms with Crippen molar-refractivity contribution in [1.29, 1.82) is 0 Å². The predicted octanol–water partition coefficient (Wildman–Crippen LogP) is 3.47. The van der Waals surface area contributed by atoms with Gasteiger partial charge < -0.3 is 0 Å². The molecule has 0 atom stereocenters. The van der Waals surface area contributed by atoms with Gasteiger partial charge in [0, 0.05) is 12.6 Å². The van der Waals surface area contributed by atoms with Crippen LogP contribution in [0.15, 0.2) is 54.0 Å². The molecule has 0 fully saturated rings. The highest BCUT2D eigenvalue weighted by Crippen LogP contribution is 2.20. The normalized spacial score (nSPS) is 10.8. The second-order valence-corrected chi connectivity index (χ2v) is 5.35. The molecule has 3 rings (SSSR count). The van der Waals surface area contributed by atoms with Crippen LogP contribution in [0.5, 0.6) is 0 Å². The fourth-order valence-electron chi connectivity index (χ4n) is 2.43. The third-order valence-electron chi connectivity index (χ3n) is 3.44. The zero-order chi connectivity index (χ0) is 15.7. The van der Waals surface area contributed by atoms with E-state index >= 15 is 0 Å². The van der Waals surface area contributed by atoms with E-state index in [1.165, 1.54) is 4.57 Å². The summed E-state index contributed by atoms with van der Waals surface area (Å²) in [5, 5.41) is 0.796. The van der Waals surface area contributed by atoms with Gasteiger partial charge in [-0.3, -0.25) is 4.79 Å². The van der Waals surface area contributed by atoms with Gasteiger partial charge in [-0.15, -0.1) is 6.58 Å². The first-order chi connectivity index (χ1) is 10.6. The second-order valence-electron chi connectivity index (χ2n) is 4.94. The van der Waals surface area contributed by atoms with Crippen molar-refractivity contribution < 1.29 is 0 Å². The maximum Gasteiger partial charge on any atom is 0.268 e. The largest absolute Gasteiger partial charge is 0.268 e. The van der Waals surface area contributed by atoms with E-state index in [4.69, 9.17) is 11.6 Å². The number of nitrogens with zero attached hydrogens (tertiary/aromatic N) is 3. The number of rotatable bonds is 3. The SMILES string of the molecule is C=CCc1nc2cccc(Cl)c2c(=O)n1-c1ncccc1C. The van der Waals surface area contributed by atoms with Crippen molar-refractivity contribution in [3.05, 3.63) is 75.9 Å². The van der Waals surface area contributed by atoms with E-state index in [0.717, 1.165) is 5.56 Å². The molecular formula is C17H14ClN3O. The van der Waals surface area contributed by atoms with Crippen LogP contribution >= 0.6 is 11.6 Å². The molecule has 0 spiro atoms. The second kappa shape index (κ2) is 5.73. The van der Waals surface area contributed by atoms with Crippen LogP contribution < -0.4 is 5.56 Å². The van der Waals surface area contributed by atoms with Gasteiger partial charge in [-0.1, -0.05) is 29.8 Å². The Morgan fingerprint density at radius 2 is 2.14 bits per heavy atom. The molecule has 0 unspecified atom stereocenters. The Hall–Kier alpha value is -2.46. The van der Waals surface area contributed by atoms with Crippen LogP contribution in [0.2, 0.25) is 5.02 Å². The number of hydrogen-bond acceptors (Lipinski definition) is 3. The highest BCUT2D eigenvalue weighted by Gasteiger charge is 2.15. The minimum absolute atomic E-state index is 0.214. The number of aromatic nitrogens is 3. The van der Waals surface area contributed by atoms with Crippen LogP contribution in [-0.2, 0) is 6.42 Å². The molecule has 22 heavy (non-hydrogen) atoms. The zero-order valence-corrected chi connectivity index (χ0v) is 12.8. The molecule has 0 aliphatic carbocycles. The van der Waals surface area contributed by atoms with E-state index in [9.17, 15) is 4.79 Å². The summed E-state index contributed by atoms with van der Waals surface area (Å²) in [5.74, 6) is 1.16. The maximum atomic E-state index is 13.0. The third kappa shape index (κ3) is 2.31. The molecule has 4 nitrogen and oxygen atoms in total. The maximum absolute atomic E-state index is 13.0. The molecule has 0 radical (unpaired) electrons. The molecule has 2 heterocycles. The van der Waals surface area contributed by atoms with Gasteiger partial charge in [0.15, 0.2) is 0 Å². The van der Waals surface area contributed by atoms with E-state index in [2.05, 4.69) is 16.5 Å². The fourth-order valence-corrected chi connectivity index (χ4v) is 2.68. The smallest absolute Gasteiger partial charge is 0.268 e. The molecule has 110 valence electrons. The molecule has 2 aromatic heterocycles. The predicted molar refractivity (Wildman–Crippen MR) is 88.8 cm³/mol. The monoisotopic (exact) mass is 311 g/mol. The van der Waals surface area contributed by atoms with Gasteiger partial charge in [-0.05, 0) is 30.7 Å². The minimum Gasteiger partial charge on any atom is -0.268 e. The van der Waals surface area contributed by atoms with Gasteiger partial charge in [0.25, 0.3) is 5.56 Å². The average molecular weight is 312 g/mol. The molecule has 5 heteroatoms. The summed E-state index contributed by atoms with van der Waals surface area (Å²) >= 11 is 6.20. The van der Waals surface area contributed by atoms with Crippen molar-refractivity contribution in [2.45, 2.75) is 13.3 Å². The first kappa shape index (κ1) is 14.5. The van der Waals surface area contributed by atoms with Crippen molar-refractivity contribution >= 4 is 22.5 Å². The number of allylic oxidation sites excluding steroid dienone is 1. The van der Waals surface area contributed by atoms with Crippen LogP contribution in [0.3, 0.4) is 0 Å². The van der Waals surface area contributed by atoms with Crippen molar-refractivity contribution in [2.24, 2.45) is 0 Å². The zero-order valence-electron chi connectivity index (χ0n) is 12.1. The van der Waals surface area contributed by atoms with Crippen molar-refractivity contribution in [3.8, 4) is 5.82 Å². The Labute approximate surface area is 132 Å². The number of pyridine rings is 1. The molecule has 0 aliphatic heterocycles. The van der Waals surface area contributed by atoms with Crippen molar-refractivity contribution in [3.63, 3.8) is 0 Å². The summed E-state index contributed by atoms with van der Waals surface area (Å²) < 4.78 is 1.52. The molecule has 0 saturated heterocycles. The van der Waals surface area contributed by atoms with E-state index in [0.29, 0.717) is 34.0 Å². The highest BCUT2D eigenvalue weighted by molar-refractivity contribution is 6.35. The molecule has 0 bridgehead atoms. The summed E-state index contributed by atoms with van der Waals surface area (Å²) in [6.07, 6.45) is 3.84. The third-order valence-corrected chi connectivity index (χ3v) is 3.75. The van der Waals surface area contributed by atoms with Crippen LogP contribution in [-0.4, -0.2) is 14.5 Å². The summed E-state index contributed by atoms with van der Waals surface area (Å²) in [6, 6.07) is 8.99. The topological polar surface area (TPSA) is 47.8 Å². The van der Waals surface area contributed by atoms with Gasteiger partial charge in [-0.2, -0.15) is 0 Å². The summed E-state index contributed by atoms with van der Waals surface area (Å²) in [7, 11) is 0. The lowest BCUT2D eigenvalue weighted by atomic mass is 10.2. The molecule has 0 amide bonds. The molecule has 3 aromatic rings. The lowest BCUT2D eigenvalue weighted by Crippen LogP contribution is -2.25. The number of hydrogen-bond donors (Lipinski definition) is 0. The summed E-state index contributed by atoms with van der Waals surface area (Å²) in [4.78, 5) is 21.9. The van der Waals surface area contributed by atoms with Crippen LogP contribution in [0.4, 0.5) is 0 Å². The van der Waals surface area contributed by atoms with Crippen LogP contribution in [0.1, 0.15) is 11.4 Å². The summed E-state index contributed by atoms with van der Waals surface area (Å²) in [5.41, 5.74) is 1.26. The number of fused-ring (bicyclic) bond motifs is 1. The highest BCUT2D eigenvalue weighted by atomic mass is 35.5. The van der Waals surface area contributed by atoms with Crippen molar-refractivity contribution in [2.75, 3.05) is 0 Å². The standard InChI is InChI=1S/C17H14ClN3O/c1-3-6-14-20-13-9-4-8-12(18)15(13)17(22)21(14)16-11(2)7-5-10-19-16/h3-5,7-10H,1,6H2,2H3. The minimum atomic E-state index is -0.214. The Kier molecular flexibility index (Phi) is 3.77. The number of halogens is 1. The molecular weight excluding hydrogens is 298 g/mol. The number of aryl methyl sites for hydroxylation is 1. The van der Waals surface area contributed by atoms with E-state index in [1.807, 2.05) is 19.1 Å². The van der Waals surface area contributed by atoms with Crippen LogP contribution in [0, 0.1) is 6.92 Å². The fraction of sp³-hybridized carbons (Fsp3) is 0.118. The quantitative estimate of drug-likeness (QED) is 0.696. The molecule has 1 aromatic carbocycles. The summed E-state index contributed by atoms with van der Waals surface area (Å²) in [6.45, 7) is 5.64. The Balaban J connectivity index is 2.46. The van der Waals surface area contributed by atoms with Gasteiger partial charge >= 0.3 is 0 Å². The Morgan fingerprint density at radius 3 is 2.86 bits per heavy atom. The van der Waals surface area contributed by atoms with Crippen LogP contribution in [0.25, 0.3) is 16.7 Å². The number of benzene rings is 1. The Bertz CT molecular complexity index is 931. The van der Waals surface area contributed by atoms with Gasteiger partial charge in [0.05, 0.1) is 15.9 Å². The first-order valence-electron chi connectivity index (χ1n) is 6.86. The lowest BCUT2D eigenvalue weighted by Gasteiger charge is -2.14. The van der Waals surface area contributed by atoms with E-state index in [-0.39, 0.29) is 5.56 Å². The van der Waals surface area contributed by atoms with Gasteiger partial charge in [0.2, 0.25) is 0 Å². The van der Waals surface area contributed by atoms with Gasteiger partial charge in [0.1, 0.15) is 11.6 Å². The lowest BCUT2D eigenvalue weighted by molar-refractivity contribution is 0.829.